The fraction of sp³-hybridized carbons (Fsp3) is 0.667. The Kier molecular flexibility index (Phi) is 0.734. The first-order valence-corrected chi connectivity index (χ1v) is 4.08. The minimum atomic E-state index is 0.905. The standard InChI is InChI=1S/C6H9NS/c1-4(8-2)6-5-3-7(5)6/h5H,3H2,1-2H3/b6-4-. The van der Waals surface area contributed by atoms with E-state index in [9.17, 15) is 0 Å². The molecule has 0 spiro atoms. The van der Waals surface area contributed by atoms with Gasteiger partial charge in [0.1, 0.15) is 0 Å². The second-order valence-electron chi connectivity index (χ2n) is 2.31. The highest BCUT2D eigenvalue weighted by atomic mass is 32.2. The van der Waals surface area contributed by atoms with E-state index >= 15 is 0 Å². The van der Waals surface area contributed by atoms with Crippen LogP contribution in [0.1, 0.15) is 6.92 Å². The van der Waals surface area contributed by atoms with E-state index in [2.05, 4.69) is 18.1 Å². The average molecular weight is 127 g/mol. The lowest BCUT2D eigenvalue weighted by Crippen LogP contribution is -1.84. The van der Waals surface area contributed by atoms with Crippen LogP contribution in [0.2, 0.25) is 0 Å². The first-order chi connectivity index (χ1) is 3.84. The van der Waals surface area contributed by atoms with Gasteiger partial charge in [-0.15, -0.1) is 11.8 Å². The van der Waals surface area contributed by atoms with Crippen LogP contribution in [-0.4, -0.2) is 23.7 Å². The highest BCUT2D eigenvalue weighted by Crippen LogP contribution is 2.51. The van der Waals surface area contributed by atoms with Gasteiger partial charge in [-0.25, -0.2) is 0 Å². The van der Waals surface area contributed by atoms with E-state index in [1.54, 1.807) is 5.70 Å². The lowest BCUT2D eigenvalue weighted by Gasteiger charge is -1.93. The highest BCUT2D eigenvalue weighted by Gasteiger charge is 2.57. The maximum Gasteiger partial charge on any atom is 0.0872 e. The molecule has 2 heteroatoms. The van der Waals surface area contributed by atoms with Crippen LogP contribution in [0.25, 0.3) is 0 Å². The summed E-state index contributed by atoms with van der Waals surface area (Å²) < 4.78 is 0. The topological polar surface area (TPSA) is 3.01 Å². The Balaban J connectivity index is 2.12. The molecule has 0 aromatic rings. The smallest absolute Gasteiger partial charge is 0.0872 e. The van der Waals surface area contributed by atoms with Crippen LogP contribution in [0.4, 0.5) is 0 Å². The summed E-state index contributed by atoms with van der Waals surface area (Å²) in [6, 6.07) is 0.905. The van der Waals surface area contributed by atoms with Crippen LogP contribution in [0.15, 0.2) is 10.6 Å². The van der Waals surface area contributed by atoms with Gasteiger partial charge in [0.15, 0.2) is 0 Å². The molecule has 0 aromatic heterocycles. The number of nitrogens with zero attached hydrogens (tertiary/aromatic N) is 1. The summed E-state index contributed by atoms with van der Waals surface area (Å²) in [6.07, 6.45) is 2.14. The second kappa shape index (κ2) is 1.24. The van der Waals surface area contributed by atoms with Gasteiger partial charge in [0.05, 0.1) is 6.04 Å². The Bertz CT molecular complexity index is 152. The maximum atomic E-state index is 2.42. The van der Waals surface area contributed by atoms with Crippen molar-refractivity contribution in [3.8, 4) is 0 Å². The van der Waals surface area contributed by atoms with Gasteiger partial charge < -0.3 is 4.90 Å². The predicted octanol–water partition coefficient (Wildman–Crippen LogP) is 1.28. The summed E-state index contributed by atoms with van der Waals surface area (Å²) >= 11 is 1.87. The monoisotopic (exact) mass is 127 g/mol. The van der Waals surface area contributed by atoms with Gasteiger partial charge in [0.2, 0.25) is 0 Å². The second-order valence-corrected chi connectivity index (χ2v) is 3.33. The third-order valence-electron chi connectivity index (χ3n) is 1.84. The van der Waals surface area contributed by atoms with E-state index in [1.807, 2.05) is 11.8 Å². The zero-order chi connectivity index (χ0) is 5.72. The first-order valence-electron chi connectivity index (χ1n) is 2.86. The number of fused-ring (bicyclic) bond motifs is 1. The van der Waals surface area contributed by atoms with E-state index in [1.165, 1.54) is 11.4 Å². The van der Waals surface area contributed by atoms with Crippen molar-refractivity contribution in [2.24, 2.45) is 0 Å². The Morgan fingerprint density at radius 1 is 1.88 bits per heavy atom. The van der Waals surface area contributed by atoms with Crippen molar-refractivity contribution in [1.82, 2.24) is 4.90 Å². The molecule has 1 unspecified atom stereocenters. The molecule has 0 bridgehead atoms. The van der Waals surface area contributed by atoms with E-state index < -0.39 is 0 Å². The van der Waals surface area contributed by atoms with Crippen LogP contribution >= 0.6 is 11.8 Å². The third-order valence-corrected chi connectivity index (χ3v) is 2.66. The molecule has 0 amide bonds. The number of hydrogen-bond donors (Lipinski definition) is 0. The van der Waals surface area contributed by atoms with Crippen LogP contribution in [0.5, 0.6) is 0 Å². The van der Waals surface area contributed by atoms with E-state index in [-0.39, 0.29) is 0 Å². The molecule has 8 heavy (non-hydrogen) atoms. The van der Waals surface area contributed by atoms with Gasteiger partial charge in [0, 0.05) is 17.1 Å². The molecule has 0 radical (unpaired) electrons. The quantitative estimate of drug-likeness (QED) is 0.488. The molecule has 2 aliphatic rings. The summed E-state index contributed by atoms with van der Waals surface area (Å²) in [5, 5.41) is 0. The summed E-state index contributed by atoms with van der Waals surface area (Å²) in [6.45, 7) is 3.54. The van der Waals surface area contributed by atoms with Crippen LogP contribution in [0.3, 0.4) is 0 Å². The van der Waals surface area contributed by atoms with Crippen molar-refractivity contribution in [3.63, 3.8) is 0 Å². The molecule has 0 N–H and O–H groups in total. The summed E-state index contributed by atoms with van der Waals surface area (Å²) in [5.74, 6) is 0. The number of allylic oxidation sites excluding steroid dienone is 1. The van der Waals surface area contributed by atoms with Gasteiger partial charge in [-0.05, 0) is 13.2 Å². The van der Waals surface area contributed by atoms with Crippen LogP contribution in [-0.2, 0) is 0 Å². The summed E-state index contributed by atoms with van der Waals surface area (Å²) in [4.78, 5) is 3.94. The lowest BCUT2D eigenvalue weighted by atomic mass is 10.4. The molecule has 2 rings (SSSR count). The fourth-order valence-corrected chi connectivity index (χ4v) is 1.50. The van der Waals surface area contributed by atoms with Crippen molar-refractivity contribution in [3.05, 3.63) is 10.6 Å². The van der Waals surface area contributed by atoms with Crippen molar-refractivity contribution >= 4 is 11.8 Å². The lowest BCUT2D eigenvalue weighted by molar-refractivity contribution is 0.880. The highest BCUT2D eigenvalue weighted by molar-refractivity contribution is 8.02. The molecule has 2 saturated heterocycles. The molecule has 44 valence electrons. The Morgan fingerprint density at radius 3 is 2.62 bits per heavy atom. The van der Waals surface area contributed by atoms with Crippen molar-refractivity contribution in [2.45, 2.75) is 13.0 Å². The minimum absolute atomic E-state index is 0.905. The zero-order valence-electron chi connectivity index (χ0n) is 5.14. The molecule has 1 atom stereocenters. The van der Waals surface area contributed by atoms with Crippen molar-refractivity contribution < 1.29 is 0 Å². The molecule has 2 heterocycles. The van der Waals surface area contributed by atoms with E-state index in [4.69, 9.17) is 0 Å². The van der Waals surface area contributed by atoms with E-state index in [0.29, 0.717) is 0 Å². The fourth-order valence-electron chi connectivity index (χ4n) is 1.03. The van der Waals surface area contributed by atoms with Gasteiger partial charge in [-0.2, -0.15) is 0 Å². The molecular formula is C6H9NS. The molecule has 0 aromatic carbocycles. The molecule has 2 fully saturated rings. The SMILES string of the molecule is CS/C(C)=C1/C2CN12. The molecule has 0 saturated carbocycles. The Hall–Kier alpha value is -0.110. The Labute approximate surface area is 53.7 Å². The zero-order valence-corrected chi connectivity index (χ0v) is 5.96. The minimum Gasteiger partial charge on any atom is -0.360 e. The number of hydrogen-bond acceptors (Lipinski definition) is 2. The largest absolute Gasteiger partial charge is 0.360 e. The van der Waals surface area contributed by atoms with Gasteiger partial charge >= 0.3 is 0 Å². The number of rotatable bonds is 1. The molecule has 1 nitrogen and oxygen atoms in total. The normalized spacial score (nSPS) is 36.8. The molecule has 0 aliphatic carbocycles. The Morgan fingerprint density at radius 2 is 2.50 bits per heavy atom. The van der Waals surface area contributed by atoms with Gasteiger partial charge in [-0.3, -0.25) is 0 Å². The van der Waals surface area contributed by atoms with Crippen LogP contribution in [0, 0.1) is 0 Å². The summed E-state index contributed by atoms with van der Waals surface area (Å²) in [5.41, 5.74) is 1.61. The van der Waals surface area contributed by atoms with E-state index in [0.717, 1.165) is 6.04 Å². The van der Waals surface area contributed by atoms with Gasteiger partial charge in [-0.1, -0.05) is 0 Å². The van der Waals surface area contributed by atoms with Crippen molar-refractivity contribution in [1.29, 1.82) is 0 Å². The first kappa shape index (κ1) is 4.74. The third kappa shape index (κ3) is 0.440. The van der Waals surface area contributed by atoms with Crippen LogP contribution < -0.4 is 0 Å². The summed E-state index contributed by atoms with van der Waals surface area (Å²) in [7, 11) is 0. The predicted molar refractivity (Wildman–Crippen MR) is 36.7 cm³/mol. The average Bonchev–Trinajstić information content (AvgIpc) is 2.47. The maximum absolute atomic E-state index is 2.42. The van der Waals surface area contributed by atoms with Crippen molar-refractivity contribution in [2.75, 3.05) is 12.8 Å². The number of thioether (sulfide) groups is 1. The molecular weight excluding hydrogens is 118 g/mol. The molecule has 2 aliphatic heterocycles. The van der Waals surface area contributed by atoms with Gasteiger partial charge in [0.25, 0.3) is 0 Å².